The van der Waals surface area contributed by atoms with Crippen molar-refractivity contribution in [2.45, 2.75) is 51.1 Å². The molecule has 0 aromatic carbocycles. The summed E-state index contributed by atoms with van der Waals surface area (Å²) in [5.41, 5.74) is 6.40. The second-order valence-electron chi connectivity index (χ2n) is 6.17. The molecule has 1 saturated carbocycles. The Kier molecular flexibility index (Phi) is 4.83. The fourth-order valence-corrected chi connectivity index (χ4v) is 3.50. The normalized spacial score (nSPS) is 31.6. The van der Waals surface area contributed by atoms with Crippen molar-refractivity contribution in [1.29, 1.82) is 0 Å². The first-order chi connectivity index (χ1) is 8.16. The average Bonchev–Trinajstić information content (AvgIpc) is 2.75. The Bertz CT molecular complexity index is 226. The van der Waals surface area contributed by atoms with E-state index in [9.17, 15) is 0 Å². The lowest BCUT2D eigenvalue weighted by molar-refractivity contribution is 0.176. The van der Waals surface area contributed by atoms with Gasteiger partial charge in [-0.3, -0.25) is 4.90 Å². The van der Waals surface area contributed by atoms with Gasteiger partial charge < -0.3 is 10.6 Å². The van der Waals surface area contributed by atoms with E-state index in [0.29, 0.717) is 12.1 Å². The third-order valence-corrected chi connectivity index (χ3v) is 4.64. The largest absolute Gasteiger partial charge is 0.326 e. The quantitative estimate of drug-likeness (QED) is 0.811. The van der Waals surface area contributed by atoms with E-state index in [0.717, 1.165) is 12.5 Å². The third-order valence-electron chi connectivity index (χ3n) is 4.64. The van der Waals surface area contributed by atoms with Crippen LogP contribution in [0.4, 0.5) is 0 Å². The van der Waals surface area contributed by atoms with E-state index < -0.39 is 0 Å². The first kappa shape index (κ1) is 13.3. The molecule has 2 N–H and O–H groups in total. The molecule has 0 aromatic rings. The van der Waals surface area contributed by atoms with Crippen LogP contribution in [-0.4, -0.2) is 55.1 Å². The summed E-state index contributed by atoms with van der Waals surface area (Å²) in [4.78, 5) is 5.07. The minimum Gasteiger partial charge on any atom is -0.326 e. The first-order valence-corrected chi connectivity index (χ1v) is 7.35. The Hall–Kier alpha value is -0.120. The Morgan fingerprint density at radius 1 is 1.18 bits per heavy atom. The van der Waals surface area contributed by atoms with Crippen molar-refractivity contribution in [2.24, 2.45) is 11.7 Å². The first-order valence-electron chi connectivity index (χ1n) is 7.35. The molecular formula is C14H29N3. The zero-order valence-corrected chi connectivity index (χ0v) is 11.6. The lowest BCUT2D eigenvalue weighted by Crippen LogP contribution is -2.46. The summed E-state index contributed by atoms with van der Waals surface area (Å²) in [7, 11) is 2.23. The second-order valence-corrected chi connectivity index (χ2v) is 6.17. The van der Waals surface area contributed by atoms with Crippen LogP contribution in [0, 0.1) is 5.92 Å². The molecule has 3 nitrogen and oxygen atoms in total. The molecule has 100 valence electrons. The highest BCUT2D eigenvalue weighted by Gasteiger charge is 2.26. The molecule has 0 amide bonds. The van der Waals surface area contributed by atoms with Gasteiger partial charge in [0.25, 0.3) is 0 Å². The van der Waals surface area contributed by atoms with Gasteiger partial charge in [-0.25, -0.2) is 0 Å². The molecule has 2 fully saturated rings. The Morgan fingerprint density at radius 3 is 2.59 bits per heavy atom. The number of nitrogens with zero attached hydrogens (tertiary/aromatic N) is 2. The molecular weight excluding hydrogens is 210 g/mol. The number of hydrogen-bond donors (Lipinski definition) is 1. The molecule has 0 bridgehead atoms. The summed E-state index contributed by atoms with van der Waals surface area (Å²) in [5.74, 6) is 0.795. The molecule has 2 rings (SSSR count). The fourth-order valence-electron chi connectivity index (χ4n) is 3.50. The van der Waals surface area contributed by atoms with Gasteiger partial charge in [0, 0.05) is 25.2 Å². The highest BCUT2D eigenvalue weighted by Crippen LogP contribution is 2.27. The monoisotopic (exact) mass is 239 g/mol. The molecule has 1 saturated heterocycles. The van der Waals surface area contributed by atoms with Crippen molar-refractivity contribution in [3.63, 3.8) is 0 Å². The summed E-state index contributed by atoms with van der Waals surface area (Å²) in [6.45, 7) is 7.12. The van der Waals surface area contributed by atoms with Crippen LogP contribution in [-0.2, 0) is 0 Å². The Labute approximate surface area is 106 Å². The van der Waals surface area contributed by atoms with E-state index in [1.165, 1.54) is 51.7 Å². The van der Waals surface area contributed by atoms with Crippen LogP contribution in [0.15, 0.2) is 0 Å². The lowest BCUT2D eigenvalue weighted by atomic mass is 9.98. The standard InChI is InChI=1S/C14H29N3/c1-12-10-16(2)8-5-9-17(12)11-14(15)13-6-3-4-7-13/h12-14H,3-11,15H2,1-2H3. The van der Waals surface area contributed by atoms with Crippen LogP contribution in [0.3, 0.4) is 0 Å². The van der Waals surface area contributed by atoms with Gasteiger partial charge in [-0.2, -0.15) is 0 Å². The van der Waals surface area contributed by atoms with Crippen molar-refractivity contribution in [3.8, 4) is 0 Å². The number of nitrogens with two attached hydrogens (primary N) is 1. The van der Waals surface area contributed by atoms with Gasteiger partial charge >= 0.3 is 0 Å². The Morgan fingerprint density at radius 2 is 1.88 bits per heavy atom. The minimum absolute atomic E-state index is 0.406. The predicted molar refractivity (Wildman–Crippen MR) is 73.1 cm³/mol. The molecule has 0 aromatic heterocycles. The molecule has 2 aliphatic rings. The van der Waals surface area contributed by atoms with Gasteiger partial charge in [0.15, 0.2) is 0 Å². The fraction of sp³-hybridized carbons (Fsp3) is 1.00. The molecule has 2 atom stereocenters. The van der Waals surface area contributed by atoms with Crippen LogP contribution in [0.25, 0.3) is 0 Å². The lowest BCUT2D eigenvalue weighted by Gasteiger charge is -2.32. The Balaban J connectivity index is 1.83. The highest BCUT2D eigenvalue weighted by atomic mass is 15.2. The van der Waals surface area contributed by atoms with Gasteiger partial charge in [0.2, 0.25) is 0 Å². The van der Waals surface area contributed by atoms with Crippen LogP contribution in [0.2, 0.25) is 0 Å². The molecule has 1 heterocycles. The van der Waals surface area contributed by atoms with E-state index in [1.54, 1.807) is 0 Å². The van der Waals surface area contributed by atoms with Crippen molar-refractivity contribution in [1.82, 2.24) is 9.80 Å². The van der Waals surface area contributed by atoms with Crippen LogP contribution < -0.4 is 5.73 Å². The van der Waals surface area contributed by atoms with E-state index >= 15 is 0 Å². The van der Waals surface area contributed by atoms with Gasteiger partial charge in [-0.15, -0.1) is 0 Å². The molecule has 1 aliphatic carbocycles. The van der Waals surface area contributed by atoms with E-state index in [4.69, 9.17) is 5.73 Å². The van der Waals surface area contributed by atoms with E-state index in [1.807, 2.05) is 0 Å². The molecule has 0 spiro atoms. The molecule has 17 heavy (non-hydrogen) atoms. The van der Waals surface area contributed by atoms with Gasteiger partial charge in [-0.1, -0.05) is 12.8 Å². The topological polar surface area (TPSA) is 32.5 Å². The van der Waals surface area contributed by atoms with Gasteiger partial charge in [0.05, 0.1) is 0 Å². The van der Waals surface area contributed by atoms with E-state index in [-0.39, 0.29) is 0 Å². The number of likely N-dealkylation sites (N-methyl/N-ethyl adjacent to an activating group) is 1. The zero-order valence-electron chi connectivity index (χ0n) is 11.6. The third kappa shape index (κ3) is 3.67. The van der Waals surface area contributed by atoms with E-state index in [2.05, 4.69) is 23.8 Å². The summed E-state index contributed by atoms with van der Waals surface area (Å²) >= 11 is 0. The van der Waals surface area contributed by atoms with Crippen molar-refractivity contribution < 1.29 is 0 Å². The number of rotatable bonds is 3. The van der Waals surface area contributed by atoms with Gasteiger partial charge in [-0.05, 0) is 52.2 Å². The van der Waals surface area contributed by atoms with Crippen molar-refractivity contribution in [3.05, 3.63) is 0 Å². The molecule has 0 radical (unpaired) electrons. The van der Waals surface area contributed by atoms with Crippen LogP contribution in [0.1, 0.15) is 39.0 Å². The molecule has 2 unspecified atom stereocenters. The maximum Gasteiger partial charge on any atom is 0.0196 e. The molecule has 1 aliphatic heterocycles. The summed E-state index contributed by atoms with van der Waals surface area (Å²) in [6, 6.07) is 1.07. The smallest absolute Gasteiger partial charge is 0.0196 e. The predicted octanol–water partition coefficient (Wildman–Crippen LogP) is 1.53. The van der Waals surface area contributed by atoms with Crippen LogP contribution >= 0.6 is 0 Å². The second kappa shape index (κ2) is 6.17. The zero-order chi connectivity index (χ0) is 12.3. The summed E-state index contributed by atoms with van der Waals surface area (Å²) < 4.78 is 0. The van der Waals surface area contributed by atoms with Gasteiger partial charge in [0.1, 0.15) is 0 Å². The van der Waals surface area contributed by atoms with Crippen LogP contribution in [0.5, 0.6) is 0 Å². The summed E-state index contributed by atoms with van der Waals surface area (Å²) in [5, 5.41) is 0. The molecule has 3 heteroatoms. The maximum absolute atomic E-state index is 6.40. The summed E-state index contributed by atoms with van der Waals surface area (Å²) in [6.07, 6.45) is 6.82. The average molecular weight is 239 g/mol. The van der Waals surface area contributed by atoms with Crippen molar-refractivity contribution >= 4 is 0 Å². The maximum atomic E-state index is 6.40. The number of hydrogen-bond acceptors (Lipinski definition) is 3. The van der Waals surface area contributed by atoms with Crippen molar-refractivity contribution in [2.75, 3.05) is 33.2 Å². The highest BCUT2D eigenvalue weighted by molar-refractivity contribution is 4.84. The SMILES string of the molecule is CC1CN(C)CCCN1CC(N)C1CCCC1. The minimum atomic E-state index is 0.406.